The minimum atomic E-state index is -0.124. The van der Waals surface area contributed by atoms with E-state index in [-0.39, 0.29) is 5.82 Å². The number of rotatable bonds is 4. The lowest BCUT2D eigenvalue weighted by atomic mass is 9.99. The predicted molar refractivity (Wildman–Crippen MR) is 85.8 cm³/mol. The van der Waals surface area contributed by atoms with Gasteiger partial charge in [0, 0.05) is 18.2 Å². The third-order valence-corrected chi connectivity index (χ3v) is 4.19. The van der Waals surface area contributed by atoms with Gasteiger partial charge in [-0.1, -0.05) is 44.2 Å². The lowest BCUT2D eigenvalue weighted by Crippen LogP contribution is -2.22. The zero-order valence-corrected chi connectivity index (χ0v) is 12.7. The molecule has 2 heteroatoms. The average Bonchev–Trinajstić information content (AvgIpc) is 2.93. The van der Waals surface area contributed by atoms with Gasteiger partial charge in [-0.3, -0.25) is 0 Å². The van der Waals surface area contributed by atoms with Gasteiger partial charge in [-0.25, -0.2) is 4.39 Å². The quantitative estimate of drug-likeness (QED) is 0.872. The largest absolute Gasteiger partial charge is 0.310 e. The minimum Gasteiger partial charge on any atom is -0.310 e. The summed E-state index contributed by atoms with van der Waals surface area (Å²) in [5.74, 6) is -0.124. The van der Waals surface area contributed by atoms with Gasteiger partial charge in [0.15, 0.2) is 0 Å². The average molecular weight is 283 g/mol. The van der Waals surface area contributed by atoms with Gasteiger partial charge in [-0.05, 0) is 47.6 Å². The molecule has 0 heterocycles. The third kappa shape index (κ3) is 3.16. The van der Waals surface area contributed by atoms with Crippen LogP contribution in [0.4, 0.5) is 4.39 Å². The first-order valence-corrected chi connectivity index (χ1v) is 7.77. The van der Waals surface area contributed by atoms with Crippen molar-refractivity contribution in [3.63, 3.8) is 0 Å². The Bertz CT molecular complexity index is 646. The van der Waals surface area contributed by atoms with Crippen LogP contribution in [0, 0.1) is 5.82 Å². The fourth-order valence-corrected chi connectivity index (χ4v) is 2.94. The maximum Gasteiger partial charge on any atom is 0.128 e. The van der Waals surface area contributed by atoms with E-state index in [4.69, 9.17) is 0 Å². The van der Waals surface area contributed by atoms with E-state index in [2.05, 4.69) is 37.4 Å². The van der Waals surface area contributed by atoms with E-state index >= 15 is 0 Å². The summed E-state index contributed by atoms with van der Waals surface area (Å²) in [5.41, 5.74) is 5.71. The summed E-state index contributed by atoms with van der Waals surface area (Å²) in [6.45, 7) is 4.71. The summed E-state index contributed by atoms with van der Waals surface area (Å²) in [5, 5.41) is 3.26. The van der Waals surface area contributed by atoms with E-state index in [1.165, 1.54) is 24.0 Å². The highest BCUT2D eigenvalue weighted by Crippen LogP contribution is 2.29. The number of halogens is 1. The first kappa shape index (κ1) is 14.3. The van der Waals surface area contributed by atoms with Crippen molar-refractivity contribution in [2.45, 2.75) is 45.7 Å². The molecule has 0 amide bonds. The van der Waals surface area contributed by atoms with Gasteiger partial charge in [0.25, 0.3) is 0 Å². The molecular formula is C19H22FN. The van der Waals surface area contributed by atoms with Crippen molar-refractivity contribution in [2.24, 2.45) is 0 Å². The molecule has 2 aromatic carbocycles. The maximum atomic E-state index is 14.2. The normalized spacial score (nSPS) is 13.7. The molecular weight excluding hydrogens is 261 g/mol. The fraction of sp³-hybridized carbons (Fsp3) is 0.368. The molecule has 1 aliphatic rings. The van der Waals surface area contributed by atoms with Gasteiger partial charge >= 0.3 is 0 Å². The zero-order valence-electron chi connectivity index (χ0n) is 12.7. The Labute approximate surface area is 126 Å². The lowest BCUT2D eigenvalue weighted by Gasteiger charge is -2.11. The van der Waals surface area contributed by atoms with Crippen molar-refractivity contribution >= 4 is 0 Å². The Morgan fingerprint density at radius 2 is 1.71 bits per heavy atom. The second-order valence-electron chi connectivity index (χ2n) is 6.18. The molecule has 0 fully saturated rings. The Morgan fingerprint density at radius 1 is 1.00 bits per heavy atom. The predicted octanol–water partition coefficient (Wildman–Crippen LogP) is 4.48. The topological polar surface area (TPSA) is 12.0 Å². The number of hydrogen-bond acceptors (Lipinski definition) is 1. The molecule has 1 nitrogen and oxygen atoms in total. The van der Waals surface area contributed by atoms with Gasteiger partial charge in [0.05, 0.1) is 0 Å². The number of benzene rings is 2. The molecule has 110 valence electrons. The Kier molecular flexibility index (Phi) is 4.07. The van der Waals surface area contributed by atoms with E-state index in [9.17, 15) is 4.39 Å². The van der Waals surface area contributed by atoms with Crippen LogP contribution in [-0.4, -0.2) is 6.04 Å². The monoisotopic (exact) mass is 283 g/mol. The van der Waals surface area contributed by atoms with E-state index in [1.807, 2.05) is 12.1 Å². The summed E-state index contributed by atoms with van der Waals surface area (Å²) in [6.07, 6.45) is 3.58. The molecule has 0 atom stereocenters. The van der Waals surface area contributed by atoms with Crippen LogP contribution in [0.25, 0.3) is 11.1 Å². The van der Waals surface area contributed by atoms with Crippen molar-refractivity contribution in [3.8, 4) is 11.1 Å². The minimum absolute atomic E-state index is 0.124. The summed E-state index contributed by atoms with van der Waals surface area (Å²) >= 11 is 0. The third-order valence-electron chi connectivity index (χ3n) is 4.19. The van der Waals surface area contributed by atoms with Crippen LogP contribution in [0.5, 0.6) is 0 Å². The van der Waals surface area contributed by atoms with Crippen LogP contribution in [0.3, 0.4) is 0 Å². The molecule has 0 spiro atoms. The molecule has 0 aliphatic heterocycles. The molecule has 0 radical (unpaired) electrons. The highest BCUT2D eigenvalue weighted by atomic mass is 19.1. The van der Waals surface area contributed by atoms with Crippen molar-refractivity contribution in [1.82, 2.24) is 5.32 Å². The van der Waals surface area contributed by atoms with Crippen molar-refractivity contribution in [3.05, 3.63) is 58.9 Å². The molecule has 3 rings (SSSR count). The van der Waals surface area contributed by atoms with Gasteiger partial charge in [0.2, 0.25) is 0 Å². The van der Waals surface area contributed by atoms with Crippen LogP contribution in [0.1, 0.15) is 37.0 Å². The Balaban J connectivity index is 1.84. The Hall–Kier alpha value is -1.67. The van der Waals surface area contributed by atoms with Crippen LogP contribution in [0.2, 0.25) is 0 Å². The van der Waals surface area contributed by atoms with E-state index in [1.54, 1.807) is 6.07 Å². The lowest BCUT2D eigenvalue weighted by molar-refractivity contribution is 0.553. The first-order valence-electron chi connectivity index (χ1n) is 7.77. The molecule has 0 saturated heterocycles. The van der Waals surface area contributed by atoms with Gasteiger partial charge in [-0.15, -0.1) is 0 Å². The molecule has 0 unspecified atom stereocenters. The first-order chi connectivity index (χ1) is 10.1. The van der Waals surface area contributed by atoms with Gasteiger partial charge in [0.1, 0.15) is 5.82 Å². The van der Waals surface area contributed by atoms with Crippen LogP contribution in [0.15, 0.2) is 36.4 Å². The maximum absolute atomic E-state index is 14.2. The molecule has 1 aliphatic carbocycles. The Morgan fingerprint density at radius 3 is 2.48 bits per heavy atom. The van der Waals surface area contributed by atoms with Gasteiger partial charge in [-0.2, -0.15) is 0 Å². The number of aryl methyl sites for hydroxylation is 2. The highest BCUT2D eigenvalue weighted by Gasteiger charge is 2.12. The van der Waals surface area contributed by atoms with Crippen LogP contribution >= 0.6 is 0 Å². The summed E-state index contributed by atoms with van der Waals surface area (Å²) in [7, 11) is 0. The van der Waals surface area contributed by atoms with Crippen LogP contribution in [-0.2, 0) is 19.4 Å². The molecule has 1 N–H and O–H groups in total. The second kappa shape index (κ2) is 5.98. The van der Waals surface area contributed by atoms with E-state index in [0.29, 0.717) is 12.6 Å². The SMILES string of the molecule is CC(C)NCc1ccc(-c2ccc3c(c2)CCC3)cc1F. The second-order valence-corrected chi connectivity index (χ2v) is 6.18. The zero-order chi connectivity index (χ0) is 14.8. The van der Waals surface area contributed by atoms with Crippen molar-refractivity contribution in [2.75, 3.05) is 0 Å². The molecule has 0 bridgehead atoms. The van der Waals surface area contributed by atoms with E-state index < -0.39 is 0 Å². The summed E-state index contributed by atoms with van der Waals surface area (Å²) in [4.78, 5) is 0. The van der Waals surface area contributed by atoms with Crippen molar-refractivity contribution < 1.29 is 4.39 Å². The van der Waals surface area contributed by atoms with Crippen molar-refractivity contribution in [1.29, 1.82) is 0 Å². The molecule has 0 aromatic heterocycles. The fourth-order valence-electron chi connectivity index (χ4n) is 2.94. The summed E-state index contributed by atoms with van der Waals surface area (Å²) < 4.78 is 14.2. The standard InChI is InChI=1S/C19H22FN/c1-13(2)21-12-18-9-8-17(11-19(18)20)16-7-6-14-4-3-5-15(14)10-16/h6-11,13,21H,3-5,12H2,1-2H3. The highest BCUT2D eigenvalue weighted by molar-refractivity contribution is 5.65. The van der Waals surface area contributed by atoms with Gasteiger partial charge < -0.3 is 5.32 Å². The number of hydrogen-bond donors (Lipinski definition) is 1. The van der Waals surface area contributed by atoms with Crippen LogP contribution < -0.4 is 5.32 Å². The van der Waals surface area contributed by atoms with E-state index in [0.717, 1.165) is 23.1 Å². The molecule has 2 aromatic rings. The molecule has 21 heavy (non-hydrogen) atoms. The molecule has 0 saturated carbocycles. The summed E-state index contributed by atoms with van der Waals surface area (Å²) in [6, 6.07) is 12.5. The number of fused-ring (bicyclic) bond motifs is 1. The smallest absolute Gasteiger partial charge is 0.128 e. The number of nitrogens with one attached hydrogen (secondary N) is 1.